The van der Waals surface area contributed by atoms with Gasteiger partial charge in [-0.15, -0.1) is 0 Å². The van der Waals surface area contributed by atoms with E-state index in [9.17, 15) is 13.2 Å². The standard InChI is InChI=1S/C20H24N2O5S/c1-14-11-15-7-5-6-8-17(15)22(14)20(23)13-21(28(4,24)25)18-12-16(26-2)9-10-19(18)27-3/h5-10,12,14H,11,13H2,1-4H3/t14-/m1/s1. The summed E-state index contributed by atoms with van der Waals surface area (Å²) in [5.74, 6) is 0.512. The van der Waals surface area contributed by atoms with Crippen molar-refractivity contribution in [2.45, 2.75) is 19.4 Å². The summed E-state index contributed by atoms with van der Waals surface area (Å²) >= 11 is 0. The van der Waals surface area contributed by atoms with Gasteiger partial charge in [0, 0.05) is 17.8 Å². The molecule has 1 aliphatic heterocycles. The molecule has 0 fully saturated rings. The summed E-state index contributed by atoms with van der Waals surface area (Å²) in [7, 11) is -0.804. The fraction of sp³-hybridized carbons (Fsp3) is 0.350. The van der Waals surface area contributed by atoms with E-state index in [0.29, 0.717) is 11.5 Å². The van der Waals surface area contributed by atoms with Crippen LogP contribution in [0, 0.1) is 0 Å². The molecule has 0 radical (unpaired) electrons. The number of hydrogen-bond donors (Lipinski definition) is 0. The molecule has 0 unspecified atom stereocenters. The van der Waals surface area contributed by atoms with Crippen LogP contribution in [0.15, 0.2) is 42.5 Å². The van der Waals surface area contributed by atoms with Crippen LogP contribution in [0.3, 0.4) is 0 Å². The van der Waals surface area contributed by atoms with Crippen molar-refractivity contribution in [1.82, 2.24) is 0 Å². The number of carbonyl (C=O) groups is 1. The molecule has 3 rings (SSSR count). The van der Waals surface area contributed by atoms with Gasteiger partial charge in [0.1, 0.15) is 18.0 Å². The molecule has 0 bridgehead atoms. The Morgan fingerprint density at radius 1 is 1.18 bits per heavy atom. The third kappa shape index (κ3) is 3.77. The predicted molar refractivity (Wildman–Crippen MR) is 109 cm³/mol. The number of carbonyl (C=O) groups excluding carboxylic acids is 1. The number of para-hydroxylation sites is 1. The second-order valence-corrected chi connectivity index (χ2v) is 8.66. The number of sulfonamides is 1. The van der Waals surface area contributed by atoms with E-state index in [-0.39, 0.29) is 24.2 Å². The van der Waals surface area contributed by atoms with Crippen molar-refractivity contribution < 1.29 is 22.7 Å². The molecule has 0 saturated carbocycles. The zero-order valence-corrected chi connectivity index (χ0v) is 17.2. The van der Waals surface area contributed by atoms with Gasteiger partial charge in [0.15, 0.2) is 0 Å². The highest BCUT2D eigenvalue weighted by Gasteiger charge is 2.33. The number of hydrogen-bond acceptors (Lipinski definition) is 5. The smallest absolute Gasteiger partial charge is 0.248 e. The van der Waals surface area contributed by atoms with Crippen LogP contribution in [0.1, 0.15) is 12.5 Å². The van der Waals surface area contributed by atoms with Gasteiger partial charge in [-0.2, -0.15) is 0 Å². The first-order valence-corrected chi connectivity index (χ1v) is 10.7. The Morgan fingerprint density at radius 3 is 2.54 bits per heavy atom. The van der Waals surface area contributed by atoms with Gasteiger partial charge in [-0.1, -0.05) is 18.2 Å². The van der Waals surface area contributed by atoms with E-state index < -0.39 is 10.0 Å². The Morgan fingerprint density at radius 2 is 1.89 bits per heavy atom. The van der Waals surface area contributed by atoms with E-state index in [1.54, 1.807) is 23.1 Å². The Bertz CT molecular complexity index is 990. The first-order chi connectivity index (χ1) is 13.3. The van der Waals surface area contributed by atoms with Crippen molar-refractivity contribution in [2.75, 3.05) is 36.2 Å². The van der Waals surface area contributed by atoms with Gasteiger partial charge >= 0.3 is 0 Å². The van der Waals surface area contributed by atoms with Gasteiger partial charge in [-0.05, 0) is 37.1 Å². The number of nitrogens with zero attached hydrogens (tertiary/aromatic N) is 2. The maximum Gasteiger partial charge on any atom is 0.248 e. The largest absolute Gasteiger partial charge is 0.497 e. The zero-order chi connectivity index (χ0) is 20.5. The van der Waals surface area contributed by atoms with Gasteiger partial charge in [0.2, 0.25) is 15.9 Å². The minimum absolute atomic E-state index is 0.0430. The van der Waals surface area contributed by atoms with Crippen LogP contribution < -0.4 is 18.7 Å². The molecule has 150 valence electrons. The molecule has 28 heavy (non-hydrogen) atoms. The molecule has 0 N–H and O–H groups in total. The van der Waals surface area contributed by atoms with Gasteiger partial charge in [0.25, 0.3) is 0 Å². The first kappa shape index (κ1) is 20.0. The molecule has 0 aliphatic carbocycles. The van der Waals surface area contributed by atoms with Gasteiger partial charge in [-0.25, -0.2) is 8.42 Å². The molecule has 0 saturated heterocycles. The Kier molecular flexibility index (Phi) is 5.51. The minimum atomic E-state index is -3.74. The van der Waals surface area contributed by atoms with Crippen molar-refractivity contribution >= 4 is 27.3 Å². The average Bonchev–Trinajstić information content (AvgIpc) is 3.00. The van der Waals surface area contributed by atoms with Gasteiger partial charge in [-0.3, -0.25) is 9.10 Å². The average molecular weight is 404 g/mol. The van der Waals surface area contributed by atoms with Crippen LogP contribution in [0.4, 0.5) is 11.4 Å². The molecule has 1 aliphatic rings. The molecule has 1 heterocycles. The van der Waals surface area contributed by atoms with Crippen LogP contribution in [0.2, 0.25) is 0 Å². The molecule has 0 aromatic heterocycles. The van der Waals surface area contributed by atoms with Crippen molar-refractivity contribution in [3.05, 3.63) is 48.0 Å². The number of fused-ring (bicyclic) bond motifs is 1. The maximum atomic E-state index is 13.2. The van der Waals surface area contributed by atoms with Crippen molar-refractivity contribution in [3.63, 3.8) is 0 Å². The lowest BCUT2D eigenvalue weighted by atomic mass is 10.1. The third-order valence-electron chi connectivity index (χ3n) is 4.81. The molecule has 0 spiro atoms. The van der Waals surface area contributed by atoms with E-state index in [2.05, 4.69) is 0 Å². The first-order valence-electron chi connectivity index (χ1n) is 8.86. The van der Waals surface area contributed by atoms with E-state index in [0.717, 1.165) is 28.2 Å². The Hall–Kier alpha value is -2.74. The Labute approximate surface area is 165 Å². The number of benzene rings is 2. The van der Waals surface area contributed by atoms with Crippen LogP contribution in [0.25, 0.3) is 0 Å². The lowest BCUT2D eigenvalue weighted by Gasteiger charge is -2.28. The number of methoxy groups -OCH3 is 2. The lowest BCUT2D eigenvalue weighted by molar-refractivity contribution is -0.117. The Balaban J connectivity index is 1.98. The van der Waals surface area contributed by atoms with Crippen molar-refractivity contribution in [3.8, 4) is 11.5 Å². The van der Waals surface area contributed by atoms with E-state index in [1.807, 2.05) is 31.2 Å². The van der Waals surface area contributed by atoms with Crippen LogP contribution in [-0.4, -0.2) is 47.4 Å². The summed E-state index contributed by atoms with van der Waals surface area (Å²) in [5, 5.41) is 0. The van der Waals surface area contributed by atoms with Crippen molar-refractivity contribution in [1.29, 1.82) is 0 Å². The molecule has 1 atom stereocenters. The summed E-state index contributed by atoms with van der Waals surface area (Å²) in [6.07, 6.45) is 1.81. The van der Waals surface area contributed by atoms with Crippen LogP contribution >= 0.6 is 0 Å². The SMILES string of the molecule is COc1ccc(OC)c(N(CC(=O)N2c3ccccc3C[C@H]2C)S(C)(=O)=O)c1. The van der Waals surface area contributed by atoms with Crippen LogP contribution in [0.5, 0.6) is 11.5 Å². The number of rotatable bonds is 6. The summed E-state index contributed by atoms with van der Waals surface area (Å²) in [6.45, 7) is 1.62. The number of anilines is 2. The highest BCUT2D eigenvalue weighted by atomic mass is 32.2. The van der Waals surface area contributed by atoms with Crippen molar-refractivity contribution in [2.24, 2.45) is 0 Å². The zero-order valence-electron chi connectivity index (χ0n) is 16.4. The number of amides is 1. The predicted octanol–water partition coefficient (Wildman–Crippen LogP) is 2.45. The quantitative estimate of drug-likeness (QED) is 0.739. The summed E-state index contributed by atoms with van der Waals surface area (Å²) in [4.78, 5) is 14.8. The maximum absolute atomic E-state index is 13.2. The van der Waals surface area contributed by atoms with E-state index in [1.165, 1.54) is 14.2 Å². The molecule has 2 aromatic rings. The molecular weight excluding hydrogens is 380 g/mol. The van der Waals surface area contributed by atoms with E-state index >= 15 is 0 Å². The molecular formula is C20H24N2O5S. The lowest BCUT2D eigenvalue weighted by Crippen LogP contribution is -2.45. The van der Waals surface area contributed by atoms with E-state index in [4.69, 9.17) is 9.47 Å². The second-order valence-electron chi connectivity index (χ2n) is 6.75. The monoisotopic (exact) mass is 404 g/mol. The molecule has 8 heteroatoms. The third-order valence-corrected chi connectivity index (χ3v) is 5.94. The highest BCUT2D eigenvalue weighted by Crippen LogP contribution is 2.35. The molecule has 2 aromatic carbocycles. The molecule has 7 nitrogen and oxygen atoms in total. The topological polar surface area (TPSA) is 76.2 Å². The van der Waals surface area contributed by atoms with Gasteiger partial charge < -0.3 is 14.4 Å². The second kappa shape index (κ2) is 7.71. The fourth-order valence-corrected chi connectivity index (χ4v) is 4.36. The number of ether oxygens (including phenoxy) is 2. The normalized spacial score (nSPS) is 15.9. The van der Waals surface area contributed by atoms with Crippen LogP contribution in [-0.2, 0) is 21.2 Å². The highest BCUT2D eigenvalue weighted by molar-refractivity contribution is 7.92. The minimum Gasteiger partial charge on any atom is -0.497 e. The summed E-state index contributed by atoms with van der Waals surface area (Å²) < 4.78 is 36.7. The summed E-state index contributed by atoms with van der Waals surface area (Å²) in [5.41, 5.74) is 2.16. The fourth-order valence-electron chi connectivity index (χ4n) is 3.52. The van der Waals surface area contributed by atoms with Gasteiger partial charge in [0.05, 0.1) is 26.2 Å². The molecule has 1 amide bonds. The summed E-state index contributed by atoms with van der Waals surface area (Å²) in [6, 6.07) is 12.5.